The molecule has 1 aromatic carbocycles. The standard InChI is InChI=1S/C10H8F4O/c11-8(6-15)5-7-3-1-2-4-9(7)10(12,13)14/h1-4,6,8H,5H2. The van der Waals surface area contributed by atoms with Gasteiger partial charge in [0, 0.05) is 6.42 Å². The summed E-state index contributed by atoms with van der Waals surface area (Å²) < 4.78 is 49.8. The van der Waals surface area contributed by atoms with Gasteiger partial charge in [-0.1, -0.05) is 18.2 Å². The highest BCUT2D eigenvalue weighted by molar-refractivity contribution is 5.56. The minimum atomic E-state index is -4.51. The number of alkyl halides is 4. The monoisotopic (exact) mass is 220 g/mol. The molecular formula is C10H8F4O. The molecule has 5 heteroatoms. The molecule has 0 aromatic heterocycles. The minimum Gasteiger partial charge on any atom is -0.300 e. The van der Waals surface area contributed by atoms with E-state index in [2.05, 4.69) is 0 Å². The lowest BCUT2D eigenvalue weighted by Gasteiger charge is -2.12. The highest BCUT2D eigenvalue weighted by atomic mass is 19.4. The Morgan fingerprint density at radius 2 is 1.87 bits per heavy atom. The Balaban J connectivity index is 3.02. The Morgan fingerprint density at radius 1 is 1.27 bits per heavy atom. The van der Waals surface area contributed by atoms with Gasteiger partial charge >= 0.3 is 6.18 Å². The molecule has 0 spiro atoms. The van der Waals surface area contributed by atoms with Crippen molar-refractivity contribution in [2.24, 2.45) is 0 Å². The molecule has 0 saturated heterocycles. The predicted molar refractivity (Wildman–Crippen MR) is 46.1 cm³/mol. The summed E-state index contributed by atoms with van der Waals surface area (Å²) in [5, 5.41) is 0. The minimum absolute atomic E-state index is 0.00679. The van der Waals surface area contributed by atoms with Gasteiger partial charge in [-0.05, 0) is 11.6 Å². The van der Waals surface area contributed by atoms with E-state index in [0.717, 1.165) is 6.07 Å². The summed E-state index contributed by atoms with van der Waals surface area (Å²) in [5.74, 6) is 0. The molecule has 1 rings (SSSR count). The van der Waals surface area contributed by atoms with Gasteiger partial charge in [0.1, 0.15) is 0 Å². The van der Waals surface area contributed by atoms with Gasteiger partial charge in [-0.15, -0.1) is 0 Å². The largest absolute Gasteiger partial charge is 0.416 e. The van der Waals surface area contributed by atoms with Gasteiger partial charge in [0.2, 0.25) is 0 Å². The van der Waals surface area contributed by atoms with E-state index in [0.29, 0.717) is 0 Å². The molecule has 1 atom stereocenters. The van der Waals surface area contributed by atoms with Crippen molar-refractivity contribution < 1.29 is 22.4 Å². The first-order chi connectivity index (χ1) is 6.95. The van der Waals surface area contributed by atoms with Crippen molar-refractivity contribution in [3.8, 4) is 0 Å². The van der Waals surface area contributed by atoms with Crippen LogP contribution in [0.1, 0.15) is 11.1 Å². The van der Waals surface area contributed by atoms with Crippen LogP contribution in [0.3, 0.4) is 0 Å². The van der Waals surface area contributed by atoms with Crippen LogP contribution in [-0.4, -0.2) is 12.5 Å². The van der Waals surface area contributed by atoms with Gasteiger partial charge in [-0.2, -0.15) is 13.2 Å². The zero-order valence-electron chi connectivity index (χ0n) is 7.59. The van der Waals surface area contributed by atoms with Crippen LogP contribution in [0, 0.1) is 0 Å². The molecule has 0 amide bonds. The third-order valence-corrected chi connectivity index (χ3v) is 1.89. The number of benzene rings is 1. The highest BCUT2D eigenvalue weighted by Gasteiger charge is 2.33. The molecule has 15 heavy (non-hydrogen) atoms. The van der Waals surface area contributed by atoms with Crippen molar-refractivity contribution in [1.82, 2.24) is 0 Å². The topological polar surface area (TPSA) is 17.1 Å². The van der Waals surface area contributed by atoms with Crippen LogP contribution < -0.4 is 0 Å². The molecule has 82 valence electrons. The molecule has 0 fully saturated rings. The van der Waals surface area contributed by atoms with Crippen molar-refractivity contribution in [2.45, 2.75) is 18.8 Å². The summed E-state index contributed by atoms with van der Waals surface area (Å²) in [6, 6.07) is 4.63. The molecule has 0 bridgehead atoms. The van der Waals surface area contributed by atoms with E-state index in [1.54, 1.807) is 0 Å². The average molecular weight is 220 g/mol. The first-order valence-electron chi connectivity index (χ1n) is 4.19. The molecule has 0 N–H and O–H groups in total. The normalized spacial score (nSPS) is 13.6. The van der Waals surface area contributed by atoms with Crippen LogP contribution in [0.4, 0.5) is 17.6 Å². The maximum Gasteiger partial charge on any atom is 0.416 e. The van der Waals surface area contributed by atoms with E-state index in [9.17, 15) is 22.4 Å². The van der Waals surface area contributed by atoms with Gasteiger partial charge in [0.25, 0.3) is 0 Å². The quantitative estimate of drug-likeness (QED) is 0.565. The fourth-order valence-corrected chi connectivity index (χ4v) is 1.23. The Morgan fingerprint density at radius 3 is 2.40 bits per heavy atom. The number of aldehydes is 1. The van der Waals surface area contributed by atoms with Crippen LogP contribution >= 0.6 is 0 Å². The first-order valence-corrected chi connectivity index (χ1v) is 4.19. The van der Waals surface area contributed by atoms with Crippen LogP contribution in [0.25, 0.3) is 0 Å². The average Bonchev–Trinajstić information content (AvgIpc) is 2.17. The maximum atomic E-state index is 12.7. The summed E-state index contributed by atoms with van der Waals surface area (Å²) in [7, 11) is 0. The number of hydrogen-bond acceptors (Lipinski definition) is 1. The van der Waals surface area contributed by atoms with E-state index in [-0.39, 0.29) is 11.8 Å². The van der Waals surface area contributed by atoms with Gasteiger partial charge in [-0.3, -0.25) is 0 Å². The molecular weight excluding hydrogens is 212 g/mol. The van der Waals surface area contributed by atoms with Crippen molar-refractivity contribution in [3.05, 3.63) is 35.4 Å². The first kappa shape index (κ1) is 11.7. The molecule has 1 unspecified atom stereocenters. The Kier molecular flexibility index (Phi) is 3.44. The third kappa shape index (κ3) is 3.04. The summed E-state index contributed by atoms with van der Waals surface area (Å²) in [6.45, 7) is 0. The van der Waals surface area contributed by atoms with Crippen molar-refractivity contribution in [2.75, 3.05) is 0 Å². The maximum absolute atomic E-state index is 12.7. The Labute approximate surface area is 83.7 Å². The molecule has 0 saturated carbocycles. The zero-order valence-corrected chi connectivity index (χ0v) is 7.59. The van der Waals surface area contributed by atoms with Gasteiger partial charge < -0.3 is 4.79 Å². The highest BCUT2D eigenvalue weighted by Crippen LogP contribution is 2.32. The number of halogens is 4. The summed E-state index contributed by atoms with van der Waals surface area (Å²) >= 11 is 0. The lowest BCUT2D eigenvalue weighted by Crippen LogP contribution is -2.13. The van der Waals surface area contributed by atoms with E-state index in [1.165, 1.54) is 18.2 Å². The van der Waals surface area contributed by atoms with Crippen molar-refractivity contribution in [3.63, 3.8) is 0 Å². The molecule has 1 aromatic rings. The van der Waals surface area contributed by atoms with E-state index >= 15 is 0 Å². The summed E-state index contributed by atoms with van der Waals surface area (Å²) in [4.78, 5) is 10.0. The number of carbonyl (C=O) groups excluding carboxylic acids is 1. The smallest absolute Gasteiger partial charge is 0.300 e. The molecule has 0 aliphatic carbocycles. The Bertz CT molecular complexity index is 346. The number of carbonyl (C=O) groups is 1. The predicted octanol–water partition coefficient (Wildman–Crippen LogP) is 2.78. The van der Waals surface area contributed by atoms with Crippen LogP contribution in [0.5, 0.6) is 0 Å². The fraction of sp³-hybridized carbons (Fsp3) is 0.300. The van der Waals surface area contributed by atoms with Crippen LogP contribution in [0.2, 0.25) is 0 Å². The van der Waals surface area contributed by atoms with Crippen molar-refractivity contribution in [1.29, 1.82) is 0 Å². The summed E-state index contributed by atoms with van der Waals surface area (Å²) in [5.41, 5.74) is -1.10. The number of hydrogen-bond donors (Lipinski definition) is 0. The van der Waals surface area contributed by atoms with Crippen LogP contribution in [0.15, 0.2) is 24.3 Å². The molecule has 1 nitrogen and oxygen atoms in total. The second-order valence-corrected chi connectivity index (χ2v) is 3.01. The second-order valence-electron chi connectivity index (χ2n) is 3.01. The van der Waals surface area contributed by atoms with E-state index in [4.69, 9.17) is 0 Å². The fourth-order valence-electron chi connectivity index (χ4n) is 1.23. The third-order valence-electron chi connectivity index (χ3n) is 1.89. The van der Waals surface area contributed by atoms with E-state index in [1.807, 2.05) is 0 Å². The van der Waals surface area contributed by atoms with E-state index < -0.39 is 24.3 Å². The number of rotatable bonds is 3. The molecule has 0 radical (unpaired) electrons. The molecule has 0 aliphatic heterocycles. The van der Waals surface area contributed by atoms with Gasteiger partial charge in [-0.25, -0.2) is 4.39 Å². The van der Waals surface area contributed by atoms with Gasteiger partial charge in [0.05, 0.1) is 5.56 Å². The molecule has 0 aliphatic rings. The summed E-state index contributed by atoms with van der Waals surface area (Å²) in [6.07, 6.45) is -6.96. The van der Waals surface area contributed by atoms with Crippen LogP contribution in [-0.2, 0) is 17.4 Å². The molecule has 0 heterocycles. The van der Waals surface area contributed by atoms with Crippen molar-refractivity contribution >= 4 is 6.29 Å². The lowest BCUT2D eigenvalue weighted by atomic mass is 10.0. The zero-order chi connectivity index (χ0) is 11.5. The van der Waals surface area contributed by atoms with Gasteiger partial charge in [0.15, 0.2) is 12.5 Å². The lowest BCUT2D eigenvalue weighted by molar-refractivity contribution is -0.138. The Hall–Kier alpha value is -1.39. The SMILES string of the molecule is O=CC(F)Cc1ccccc1C(F)(F)F. The second kappa shape index (κ2) is 4.42.